The van der Waals surface area contributed by atoms with Gasteiger partial charge < -0.3 is 5.73 Å². The van der Waals surface area contributed by atoms with Crippen LogP contribution in [-0.2, 0) is 6.42 Å². The van der Waals surface area contributed by atoms with Crippen LogP contribution in [0.3, 0.4) is 0 Å². The van der Waals surface area contributed by atoms with Gasteiger partial charge in [0.15, 0.2) is 11.6 Å². The number of pyridine rings is 1. The molecule has 1 unspecified atom stereocenters. The Kier molecular flexibility index (Phi) is 6.17. The molecule has 0 bridgehead atoms. The maximum atomic E-state index is 12.4. The van der Waals surface area contributed by atoms with Gasteiger partial charge in [-0.15, -0.1) is 0 Å². The Morgan fingerprint density at radius 1 is 1.19 bits per heavy atom. The van der Waals surface area contributed by atoms with Crippen LogP contribution < -0.4 is 5.73 Å². The van der Waals surface area contributed by atoms with Gasteiger partial charge in [0.1, 0.15) is 17.2 Å². The quantitative estimate of drug-likeness (QED) is 0.506. The number of carbonyl (C=O) groups is 1. The standard InChI is InChI=1S/C27H28N4O/c1-4-6-11-19(10-5-2)25-26(28)31(20-12-8-7-9-13-20)27(30-25)22-15-14-21-23(29-22)16-18(3)17-24(21)32/h5-15,18H,2,4,16-17,28H2,1,3H3/b11-6-,19-10+. The van der Waals surface area contributed by atoms with Crippen molar-refractivity contribution in [2.75, 3.05) is 5.73 Å². The number of imidazole rings is 1. The Bertz CT molecular complexity index is 1220. The first-order valence-electron chi connectivity index (χ1n) is 11.0. The molecular formula is C27H28N4O. The summed E-state index contributed by atoms with van der Waals surface area (Å²) in [7, 11) is 0. The first-order valence-corrected chi connectivity index (χ1v) is 11.0. The van der Waals surface area contributed by atoms with E-state index in [4.69, 9.17) is 15.7 Å². The molecule has 5 heteroatoms. The Labute approximate surface area is 189 Å². The molecule has 0 fully saturated rings. The fourth-order valence-corrected chi connectivity index (χ4v) is 4.11. The van der Waals surface area contributed by atoms with Crippen molar-refractivity contribution < 1.29 is 4.79 Å². The summed E-state index contributed by atoms with van der Waals surface area (Å²) in [5.74, 6) is 1.62. The SMILES string of the molecule is C=C/C=C(\C=C/CC)c1nc(-c2ccc3c(n2)CC(C)CC3=O)n(-c2ccccc2)c1N. The number of nitrogens with zero attached hydrogens (tertiary/aromatic N) is 3. The zero-order chi connectivity index (χ0) is 22.7. The highest BCUT2D eigenvalue weighted by Gasteiger charge is 2.26. The maximum Gasteiger partial charge on any atom is 0.165 e. The topological polar surface area (TPSA) is 73.8 Å². The first kappa shape index (κ1) is 21.5. The van der Waals surface area contributed by atoms with Crippen LogP contribution in [0.4, 0.5) is 5.82 Å². The van der Waals surface area contributed by atoms with E-state index < -0.39 is 0 Å². The minimum absolute atomic E-state index is 0.158. The van der Waals surface area contributed by atoms with Gasteiger partial charge in [-0.2, -0.15) is 0 Å². The molecule has 0 spiro atoms. The number of carbonyl (C=O) groups excluding carboxylic acids is 1. The molecule has 1 atom stereocenters. The molecule has 1 aromatic carbocycles. The van der Waals surface area contributed by atoms with Gasteiger partial charge >= 0.3 is 0 Å². The van der Waals surface area contributed by atoms with Gasteiger partial charge in [0.2, 0.25) is 0 Å². The van der Waals surface area contributed by atoms with Crippen LogP contribution in [0, 0.1) is 5.92 Å². The molecule has 0 amide bonds. The zero-order valence-corrected chi connectivity index (χ0v) is 18.6. The Morgan fingerprint density at radius 2 is 1.97 bits per heavy atom. The van der Waals surface area contributed by atoms with Crippen molar-refractivity contribution in [1.82, 2.24) is 14.5 Å². The van der Waals surface area contributed by atoms with Crippen LogP contribution in [0.15, 0.2) is 73.3 Å². The van der Waals surface area contributed by atoms with Crippen LogP contribution in [0.1, 0.15) is 48.4 Å². The highest BCUT2D eigenvalue weighted by atomic mass is 16.1. The molecule has 32 heavy (non-hydrogen) atoms. The minimum Gasteiger partial charge on any atom is -0.383 e. The largest absolute Gasteiger partial charge is 0.383 e. The third-order valence-electron chi connectivity index (χ3n) is 5.61. The molecule has 5 nitrogen and oxygen atoms in total. The van der Waals surface area contributed by atoms with Crippen LogP contribution in [0.5, 0.6) is 0 Å². The Balaban J connectivity index is 1.93. The van der Waals surface area contributed by atoms with Crippen LogP contribution >= 0.6 is 0 Å². The van der Waals surface area contributed by atoms with Gasteiger partial charge in [-0.3, -0.25) is 9.36 Å². The number of Topliss-reactive ketones (excluding diaryl/α,β-unsaturated/α-hetero) is 1. The van der Waals surface area contributed by atoms with Gasteiger partial charge in [-0.1, -0.05) is 62.9 Å². The summed E-state index contributed by atoms with van der Waals surface area (Å²) in [6.45, 7) is 8.01. The summed E-state index contributed by atoms with van der Waals surface area (Å²) in [6.07, 6.45) is 9.98. The molecule has 2 N–H and O–H groups in total. The van der Waals surface area contributed by atoms with Crippen LogP contribution in [0.25, 0.3) is 22.8 Å². The van der Waals surface area contributed by atoms with Crippen LogP contribution in [-0.4, -0.2) is 20.3 Å². The van der Waals surface area contributed by atoms with Gasteiger partial charge in [-0.05, 0) is 43.0 Å². The lowest BCUT2D eigenvalue weighted by atomic mass is 9.87. The van der Waals surface area contributed by atoms with E-state index in [9.17, 15) is 4.79 Å². The number of rotatable bonds is 6. The first-order chi connectivity index (χ1) is 15.5. The molecule has 0 aliphatic heterocycles. The second-order valence-electron chi connectivity index (χ2n) is 8.14. The molecule has 2 aromatic heterocycles. The molecule has 1 aliphatic rings. The molecule has 162 valence electrons. The summed E-state index contributed by atoms with van der Waals surface area (Å²) in [4.78, 5) is 22.3. The number of nitrogens with two attached hydrogens (primary N) is 1. The van der Waals surface area contributed by atoms with Crippen molar-refractivity contribution in [2.45, 2.75) is 33.1 Å². The van der Waals surface area contributed by atoms with Crippen molar-refractivity contribution in [3.63, 3.8) is 0 Å². The van der Waals surface area contributed by atoms with E-state index in [1.165, 1.54) is 0 Å². The average Bonchev–Trinajstić information content (AvgIpc) is 3.13. The molecule has 3 aromatic rings. The Morgan fingerprint density at radius 3 is 2.69 bits per heavy atom. The molecule has 1 aliphatic carbocycles. The molecule has 4 rings (SSSR count). The predicted molar refractivity (Wildman–Crippen MR) is 131 cm³/mol. The summed E-state index contributed by atoms with van der Waals surface area (Å²) in [6, 6.07) is 13.6. The van der Waals surface area contributed by atoms with Gasteiger partial charge in [0.25, 0.3) is 0 Å². The average molecular weight is 425 g/mol. The van der Waals surface area contributed by atoms with Crippen molar-refractivity contribution in [2.24, 2.45) is 5.92 Å². The number of hydrogen-bond acceptors (Lipinski definition) is 4. The highest BCUT2D eigenvalue weighted by molar-refractivity contribution is 5.98. The van der Waals surface area contributed by atoms with E-state index in [1.807, 2.05) is 59.2 Å². The number of benzene rings is 1. The summed E-state index contributed by atoms with van der Waals surface area (Å²) >= 11 is 0. The van der Waals surface area contributed by atoms with Gasteiger partial charge in [0.05, 0.1) is 5.69 Å². The molecular weight excluding hydrogens is 396 g/mol. The third kappa shape index (κ3) is 4.06. The van der Waals surface area contributed by atoms with Crippen molar-refractivity contribution in [3.8, 4) is 17.2 Å². The number of fused-ring (bicyclic) bond motifs is 1. The number of anilines is 1. The van der Waals surface area contributed by atoms with Gasteiger partial charge in [0, 0.05) is 23.2 Å². The van der Waals surface area contributed by atoms with E-state index in [2.05, 4.69) is 26.5 Å². The number of nitrogen functional groups attached to an aromatic ring is 1. The van der Waals surface area contributed by atoms with Crippen molar-refractivity contribution in [1.29, 1.82) is 0 Å². The lowest BCUT2D eigenvalue weighted by Crippen LogP contribution is -2.19. The maximum absolute atomic E-state index is 12.4. The lowest BCUT2D eigenvalue weighted by molar-refractivity contribution is 0.0952. The van der Waals surface area contributed by atoms with E-state index in [1.54, 1.807) is 6.08 Å². The van der Waals surface area contributed by atoms with E-state index in [0.717, 1.165) is 35.4 Å². The predicted octanol–water partition coefficient (Wildman–Crippen LogP) is 5.82. The lowest BCUT2D eigenvalue weighted by Gasteiger charge is -2.20. The fourth-order valence-electron chi connectivity index (χ4n) is 4.11. The minimum atomic E-state index is 0.158. The van der Waals surface area contributed by atoms with Crippen LogP contribution in [0.2, 0.25) is 0 Å². The fraction of sp³-hybridized carbons (Fsp3) is 0.222. The Hall–Kier alpha value is -3.73. The number of aromatic nitrogens is 3. The summed E-state index contributed by atoms with van der Waals surface area (Å²) in [5.41, 5.74) is 11.4. The van der Waals surface area contributed by atoms with E-state index in [0.29, 0.717) is 29.5 Å². The molecule has 0 radical (unpaired) electrons. The normalized spacial score (nSPS) is 16.4. The number of hydrogen-bond donors (Lipinski definition) is 1. The highest BCUT2D eigenvalue weighted by Crippen LogP contribution is 2.33. The molecule has 0 saturated carbocycles. The summed E-state index contributed by atoms with van der Waals surface area (Å²) in [5, 5.41) is 0. The monoisotopic (exact) mass is 424 g/mol. The number of para-hydroxylation sites is 1. The second kappa shape index (κ2) is 9.18. The van der Waals surface area contributed by atoms with E-state index in [-0.39, 0.29) is 11.7 Å². The number of allylic oxidation sites excluding steroid dienone is 5. The van der Waals surface area contributed by atoms with E-state index >= 15 is 0 Å². The molecule has 2 heterocycles. The second-order valence-corrected chi connectivity index (χ2v) is 8.14. The zero-order valence-electron chi connectivity index (χ0n) is 18.6. The van der Waals surface area contributed by atoms with Gasteiger partial charge in [-0.25, -0.2) is 9.97 Å². The third-order valence-corrected chi connectivity index (χ3v) is 5.61. The molecule has 0 saturated heterocycles. The summed E-state index contributed by atoms with van der Waals surface area (Å²) < 4.78 is 1.93. The van der Waals surface area contributed by atoms with Crippen molar-refractivity contribution in [3.05, 3.63) is 90.3 Å². The van der Waals surface area contributed by atoms with Crippen molar-refractivity contribution >= 4 is 17.2 Å². The number of ketones is 1. The smallest absolute Gasteiger partial charge is 0.165 e.